The number of aromatic nitrogens is 2. The summed E-state index contributed by atoms with van der Waals surface area (Å²) in [5.74, 6) is -0.740. The second-order valence-electron chi connectivity index (χ2n) is 6.97. The summed E-state index contributed by atoms with van der Waals surface area (Å²) in [6.07, 6.45) is -1.83. The molecule has 140 valence electrons. The predicted molar refractivity (Wildman–Crippen MR) is 93.5 cm³/mol. The second kappa shape index (κ2) is 7.15. The van der Waals surface area contributed by atoms with E-state index in [1.165, 1.54) is 4.90 Å². The van der Waals surface area contributed by atoms with Gasteiger partial charge in [-0.15, -0.1) is 0 Å². The summed E-state index contributed by atoms with van der Waals surface area (Å²) in [6.45, 7) is 3.53. The van der Waals surface area contributed by atoms with Crippen LogP contribution < -0.4 is 0 Å². The molecule has 1 aromatic carbocycles. The van der Waals surface area contributed by atoms with Gasteiger partial charge in [-0.25, -0.2) is 13.5 Å². The van der Waals surface area contributed by atoms with Gasteiger partial charge >= 0.3 is 0 Å². The fraction of sp³-hybridized carbons (Fsp3) is 0.474. The van der Waals surface area contributed by atoms with E-state index in [0.29, 0.717) is 25.9 Å². The van der Waals surface area contributed by atoms with E-state index in [0.717, 1.165) is 24.0 Å². The van der Waals surface area contributed by atoms with Crippen molar-refractivity contribution < 1.29 is 18.7 Å². The van der Waals surface area contributed by atoms with Crippen LogP contribution >= 0.6 is 0 Å². The van der Waals surface area contributed by atoms with Crippen molar-refractivity contribution in [2.75, 3.05) is 13.1 Å². The molecule has 1 aromatic heterocycles. The Balaban J connectivity index is 1.69. The molecule has 0 aliphatic carbocycles. The van der Waals surface area contributed by atoms with E-state index in [1.807, 2.05) is 48.0 Å². The Kier molecular flexibility index (Phi) is 5.09. The first kappa shape index (κ1) is 18.5. The molecule has 1 atom stereocenters. The number of alkyl halides is 2. The maximum Gasteiger partial charge on any atom is 0.275 e. The van der Waals surface area contributed by atoms with Gasteiger partial charge < -0.3 is 10.0 Å². The topological polar surface area (TPSA) is 58.4 Å². The molecule has 2 aromatic rings. The van der Waals surface area contributed by atoms with E-state index in [9.17, 15) is 18.7 Å². The molecule has 1 amide bonds. The molecule has 0 unspecified atom stereocenters. The van der Waals surface area contributed by atoms with Gasteiger partial charge in [-0.1, -0.05) is 18.2 Å². The van der Waals surface area contributed by atoms with Gasteiger partial charge in [0, 0.05) is 24.7 Å². The van der Waals surface area contributed by atoms with Crippen LogP contribution in [0.4, 0.5) is 8.78 Å². The third kappa shape index (κ3) is 3.49. The van der Waals surface area contributed by atoms with Gasteiger partial charge in [-0.05, 0) is 44.9 Å². The summed E-state index contributed by atoms with van der Waals surface area (Å²) in [5, 5.41) is 14.4. The largest absolute Gasteiger partial charge is 0.375 e. The number of carbonyl (C=O) groups is 1. The van der Waals surface area contributed by atoms with Crippen molar-refractivity contribution in [3.05, 3.63) is 47.8 Å². The molecule has 26 heavy (non-hydrogen) atoms. The molecular weight excluding hydrogens is 340 g/mol. The van der Waals surface area contributed by atoms with Crippen molar-refractivity contribution in [2.24, 2.45) is 0 Å². The van der Waals surface area contributed by atoms with Crippen molar-refractivity contribution in [1.29, 1.82) is 0 Å². The Morgan fingerprint density at radius 2 is 1.88 bits per heavy atom. The van der Waals surface area contributed by atoms with Crippen LogP contribution in [-0.4, -0.2) is 50.8 Å². The number of carbonyl (C=O) groups excluding carboxylic acids is 1. The Morgan fingerprint density at radius 1 is 1.27 bits per heavy atom. The van der Waals surface area contributed by atoms with Gasteiger partial charge in [0.25, 0.3) is 12.3 Å². The van der Waals surface area contributed by atoms with Gasteiger partial charge in [0.05, 0.1) is 11.4 Å². The fourth-order valence-electron chi connectivity index (χ4n) is 3.32. The van der Waals surface area contributed by atoms with Crippen molar-refractivity contribution in [3.8, 4) is 5.69 Å². The van der Waals surface area contributed by atoms with E-state index >= 15 is 0 Å². The number of aliphatic hydroxyl groups is 1. The average molecular weight is 363 g/mol. The molecule has 0 bridgehead atoms. The molecule has 1 saturated heterocycles. The lowest BCUT2D eigenvalue weighted by Crippen LogP contribution is -2.53. The van der Waals surface area contributed by atoms with E-state index < -0.39 is 17.9 Å². The average Bonchev–Trinajstić information content (AvgIpc) is 3.03. The van der Waals surface area contributed by atoms with Crippen LogP contribution in [0.25, 0.3) is 5.69 Å². The zero-order valence-electron chi connectivity index (χ0n) is 14.9. The normalized spacial score (nSPS) is 18.2. The molecule has 0 spiro atoms. The van der Waals surface area contributed by atoms with Crippen LogP contribution in [0.5, 0.6) is 0 Å². The van der Waals surface area contributed by atoms with Crippen molar-refractivity contribution in [2.45, 2.75) is 44.6 Å². The second-order valence-corrected chi connectivity index (χ2v) is 6.97. The number of aryl methyl sites for hydroxylation is 1. The minimum atomic E-state index is -3.10. The van der Waals surface area contributed by atoms with E-state index in [1.54, 1.807) is 0 Å². The van der Waals surface area contributed by atoms with Crippen molar-refractivity contribution in [1.82, 2.24) is 14.7 Å². The zero-order valence-corrected chi connectivity index (χ0v) is 14.9. The SMILES string of the molecule is Cc1cc(C2CCN(C(=O)[C@@](C)(O)C(F)F)CC2)nn1-c1ccccc1. The van der Waals surface area contributed by atoms with Gasteiger partial charge in [0.2, 0.25) is 5.60 Å². The Hall–Kier alpha value is -2.28. The van der Waals surface area contributed by atoms with Gasteiger partial charge in [0.15, 0.2) is 0 Å². The summed E-state index contributed by atoms with van der Waals surface area (Å²) in [5.41, 5.74) is 0.319. The molecular formula is C19H23F2N3O2. The highest BCUT2D eigenvalue weighted by Gasteiger charge is 2.44. The highest BCUT2D eigenvalue weighted by Crippen LogP contribution is 2.30. The first-order chi connectivity index (χ1) is 12.3. The molecule has 0 saturated carbocycles. The summed E-state index contributed by atoms with van der Waals surface area (Å²) >= 11 is 0. The lowest BCUT2D eigenvalue weighted by molar-refractivity contribution is -0.166. The highest BCUT2D eigenvalue weighted by atomic mass is 19.3. The molecule has 1 N–H and O–H groups in total. The number of benzene rings is 1. The molecule has 3 rings (SSSR count). The fourth-order valence-corrected chi connectivity index (χ4v) is 3.32. The van der Waals surface area contributed by atoms with Gasteiger partial charge in [-0.2, -0.15) is 5.10 Å². The molecule has 7 heteroatoms. The zero-order chi connectivity index (χ0) is 18.9. The minimum Gasteiger partial charge on any atom is -0.375 e. The first-order valence-electron chi connectivity index (χ1n) is 8.72. The molecule has 0 radical (unpaired) electrons. The van der Waals surface area contributed by atoms with E-state index in [-0.39, 0.29) is 5.92 Å². The summed E-state index contributed by atoms with van der Waals surface area (Å²) < 4.78 is 27.6. The summed E-state index contributed by atoms with van der Waals surface area (Å²) in [7, 11) is 0. The number of para-hydroxylation sites is 1. The maximum absolute atomic E-state index is 12.9. The van der Waals surface area contributed by atoms with Crippen LogP contribution in [0.2, 0.25) is 0 Å². The first-order valence-corrected chi connectivity index (χ1v) is 8.72. The van der Waals surface area contributed by atoms with Gasteiger partial charge in [0.1, 0.15) is 0 Å². The predicted octanol–water partition coefficient (Wildman–Crippen LogP) is 2.90. The standard InChI is InChI=1S/C19H23F2N3O2/c1-13-12-16(22-24(13)15-6-4-3-5-7-15)14-8-10-23(11-9-14)18(25)19(2,26)17(20)21/h3-7,12,14,17,26H,8-11H2,1-2H3/t19-/m0/s1. The number of nitrogens with zero attached hydrogens (tertiary/aromatic N) is 3. The van der Waals surface area contributed by atoms with E-state index in [2.05, 4.69) is 0 Å². The molecule has 1 fully saturated rings. The molecule has 5 nitrogen and oxygen atoms in total. The lowest BCUT2D eigenvalue weighted by Gasteiger charge is -2.35. The van der Waals surface area contributed by atoms with Crippen LogP contribution in [0.1, 0.15) is 37.1 Å². The molecule has 1 aliphatic rings. The van der Waals surface area contributed by atoms with Crippen LogP contribution in [-0.2, 0) is 4.79 Å². The van der Waals surface area contributed by atoms with Gasteiger partial charge in [-0.3, -0.25) is 4.79 Å². The highest BCUT2D eigenvalue weighted by molar-refractivity contribution is 5.85. The maximum atomic E-state index is 12.9. The Bertz CT molecular complexity index is 766. The van der Waals surface area contributed by atoms with Crippen LogP contribution in [0.15, 0.2) is 36.4 Å². The third-order valence-electron chi connectivity index (χ3n) is 4.97. The number of amides is 1. The molecule has 1 aliphatic heterocycles. The number of likely N-dealkylation sites (tertiary alicyclic amines) is 1. The minimum absolute atomic E-state index is 0.166. The number of hydrogen-bond acceptors (Lipinski definition) is 3. The monoisotopic (exact) mass is 363 g/mol. The van der Waals surface area contributed by atoms with Crippen molar-refractivity contribution in [3.63, 3.8) is 0 Å². The van der Waals surface area contributed by atoms with Crippen LogP contribution in [0.3, 0.4) is 0 Å². The number of hydrogen-bond donors (Lipinski definition) is 1. The number of rotatable bonds is 4. The third-order valence-corrected chi connectivity index (χ3v) is 4.97. The summed E-state index contributed by atoms with van der Waals surface area (Å²) in [4.78, 5) is 13.4. The Morgan fingerprint density at radius 3 is 2.46 bits per heavy atom. The lowest BCUT2D eigenvalue weighted by atomic mass is 9.92. The Labute approximate surface area is 151 Å². The summed E-state index contributed by atoms with van der Waals surface area (Å²) in [6, 6.07) is 11.9. The smallest absolute Gasteiger partial charge is 0.275 e. The van der Waals surface area contributed by atoms with E-state index in [4.69, 9.17) is 5.10 Å². The number of piperidine rings is 1. The molecule has 2 heterocycles. The van der Waals surface area contributed by atoms with Crippen LogP contribution in [0, 0.1) is 6.92 Å². The van der Waals surface area contributed by atoms with Crippen molar-refractivity contribution >= 4 is 5.91 Å². The number of halogens is 2. The quantitative estimate of drug-likeness (QED) is 0.909.